The van der Waals surface area contributed by atoms with Crippen LogP contribution in [0.2, 0.25) is 0 Å². The number of nitrogens with zero attached hydrogens (tertiary/aromatic N) is 1. The fraction of sp³-hybridized carbons (Fsp3) is 0.500. The van der Waals surface area contributed by atoms with Crippen molar-refractivity contribution in [1.29, 1.82) is 0 Å². The molecule has 4 atom stereocenters. The number of hydrogen-bond donors (Lipinski definition) is 7. The molecule has 1 aromatic heterocycles. The minimum absolute atomic E-state index is 0.234. The molecule has 0 saturated carbocycles. The number of aliphatic carboxylic acids is 2. The van der Waals surface area contributed by atoms with Crippen LogP contribution in [-0.4, -0.2) is 87.0 Å². The summed E-state index contributed by atoms with van der Waals surface area (Å²) in [6.45, 7) is 0.641. The second kappa shape index (κ2) is 13.7. The summed E-state index contributed by atoms with van der Waals surface area (Å²) >= 11 is 0. The van der Waals surface area contributed by atoms with Gasteiger partial charge in [0.05, 0.1) is 12.5 Å². The SMILES string of the molecule is NCCCCC(NC(=O)C(N)Cc1c[nH]c2ccccc12)C(=O)N1CCCC1C(=O)NC(CC(=O)O)C(=O)O. The molecule has 1 fully saturated rings. The van der Waals surface area contributed by atoms with Crippen molar-refractivity contribution in [3.8, 4) is 0 Å². The number of carbonyl (C=O) groups is 5. The standard InChI is InChI=1S/C26H36N6O7/c27-10-4-3-8-19(30-23(35)17(28)12-15-14-29-18-7-2-1-6-16(15)18)25(37)32-11-5-9-21(32)24(36)31-20(26(38)39)13-22(33)34/h1-2,6-7,14,17,19-21,29H,3-5,8-13,27-28H2,(H,30,35)(H,31,36)(H,33,34)(H,38,39). The molecule has 0 spiro atoms. The first kappa shape index (κ1) is 29.6. The van der Waals surface area contributed by atoms with Crippen molar-refractivity contribution in [2.75, 3.05) is 13.1 Å². The van der Waals surface area contributed by atoms with Gasteiger partial charge in [-0.05, 0) is 56.7 Å². The molecule has 1 aromatic carbocycles. The van der Waals surface area contributed by atoms with Gasteiger partial charge in [0.25, 0.3) is 0 Å². The third-order valence-electron chi connectivity index (χ3n) is 6.84. The second-order valence-electron chi connectivity index (χ2n) is 9.70. The average Bonchev–Trinajstić information content (AvgIpc) is 3.55. The Balaban J connectivity index is 1.70. The Hall–Kier alpha value is -3.97. The lowest BCUT2D eigenvalue weighted by Crippen LogP contribution is -2.57. The lowest BCUT2D eigenvalue weighted by atomic mass is 10.0. The van der Waals surface area contributed by atoms with E-state index in [2.05, 4.69) is 15.6 Å². The maximum absolute atomic E-state index is 13.5. The number of carboxylic acid groups (broad SMARTS) is 2. The summed E-state index contributed by atoms with van der Waals surface area (Å²) < 4.78 is 0. The Morgan fingerprint density at radius 3 is 2.51 bits per heavy atom. The van der Waals surface area contributed by atoms with Crippen molar-refractivity contribution in [2.24, 2.45) is 11.5 Å². The zero-order chi connectivity index (χ0) is 28.5. The molecule has 0 aliphatic carbocycles. The number of aromatic amines is 1. The topological polar surface area (TPSA) is 221 Å². The number of nitrogens with two attached hydrogens (primary N) is 2. The van der Waals surface area contributed by atoms with Gasteiger partial charge in [0, 0.05) is 23.6 Å². The van der Waals surface area contributed by atoms with Gasteiger partial charge in [-0.25, -0.2) is 4.79 Å². The number of fused-ring (bicyclic) bond motifs is 1. The van der Waals surface area contributed by atoms with Crippen molar-refractivity contribution >= 4 is 40.6 Å². The molecule has 0 radical (unpaired) electrons. The number of rotatable bonds is 14. The first-order valence-electron chi connectivity index (χ1n) is 13.0. The van der Waals surface area contributed by atoms with Gasteiger partial charge in [0.2, 0.25) is 17.7 Å². The molecule has 4 unspecified atom stereocenters. The summed E-state index contributed by atoms with van der Waals surface area (Å²) in [4.78, 5) is 66.3. The maximum atomic E-state index is 13.5. The van der Waals surface area contributed by atoms with E-state index in [4.69, 9.17) is 16.6 Å². The van der Waals surface area contributed by atoms with E-state index >= 15 is 0 Å². The zero-order valence-electron chi connectivity index (χ0n) is 21.6. The molecule has 0 bridgehead atoms. The third kappa shape index (κ3) is 7.77. The van der Waals surface area contributed by atoms with Gasteiger partial charge in [-0.1, -0.05) is 18.2 Å². The van der Waals surface area contributed by atoms with Crippen LogP contribution in [0.4, 0.5) is 0 Å². The molecule has 3 rings (SSSR count). The number of carbonyl (C=O) groups excluding carboxylic acids is 3. The van der Waals surface area contributed by atoms with Crippen molar-refractivity contribution < 1.29 is 34.2 Å². The highest BCUT2D eigenvalue weighted by atomic mass is 16.4. The monoisotopic (exact) mass is 544 g/mol. The number of amides is 3. The number of H-pyrrole nitrogens is 1. The zero-order valence-corrected chi connectivity index (χ0v) is 21.6. The molecular weight excluding hydrogens is 508 g/mol. The number of aromatic nitrogens is 1. The molecule has 212 valence electrons. The summed E-state index contributed by atoms with van der Waals surface area (Å²) in [5, 5.41) is 24.1. The van der Waals surface area contributed by atoms with Crippen molar-refractivity contribution in [2.45, 2.75) is 69.1 Å². The van der Waals surface area contributed by atoms with E-state index in [0.29, 0.717) is 25.8 Å². The predicted octanol–water partition coefficient (Wildman–Crippen LogP) is -0.313. The minimum atomic E-state index is -1.63. The number of nitrogens with one attached hydrogen (secondary N) is 3. The number of hydrogen-bond acceptors (Lipinski definition) is 7. The number of para-hydroxylation sites is 1. The second-order valence-corrected chi connectivity index (χ2v) is 9.70. The smallest absolute Gasteiger partial charge is 0.326 e. The average molecular weight is 545 g/mol. The molecule has 1 aliphatic rings. The molecule has 1 saturated heterocycles. The van der Waals surface area contributed by atoms with E-state index < -0.39 is 60.2 Å². The van der Waals surface area contributed by atoms with Gasteiger partial charge < -0.3 is 42.2 Å². The highest BCUT2D eigenvalue weighted by Crippen LogP contribution is 2.21. The Labute approximate surface area is 225 Å². The van der Waals surface area contributed by atoms with Crippen LogP contribution >= 0.6 is 0 Å². The van der Waals surface area contributed by atoms with Crippen LogP contribution in [0.3, 0.4) is 0 Å². The van der Waals surface area contributed by atoms with Crippen LogP contribution in [-0.2, 0) is 30.4 Å². The number of unbranched alkanes of at least 4 members (excludes halogenated alkanes) is 1. The van der Waals surface area contributed by atoms with Gasteiger partial charge in [-0.2, -0.15) is 0 Å². The van der Waals surface area contributed by atoms with Crippen molar-refractivity contribution in [3.05, 3.63) is 36.0 Å². The minimum Gasteiger partial charge on any atom is -0.481 e. The molecular formula is C26H36N6O7. The number of benzene rings is 1. The lowest BCUT2D eigenvalue weighted by molar-refractivity contribution is -0.148. The van der Waals surface area contributed by atoms with E-state index in [1.807, 2.05) is 24.3 Å². The molecule has 1 aliphatic heterocycles. The highest BCUT2D eigenvalue weighted by Gasteiger charge is 2.39. The largest absolute Gasteiger partial charge is 0.481 e. The van der Waals surface area contributed by atoms with E-state index in [1.54, 1.807) is 6.20 Å². The molecule has 2 heterocycles. The Kier molecular flexibility index (Phi) is 10.4. The van der Waals surface area contributed by atoms with E-state index in [9.17, 15) is 29.1 Å². The number of likely N-dealkylation sites (tertiary alicyclic amines) is 1. The van der Waals surface area contributed by atoms with Crippen molar-refractivity contribution in [1.82, 2.24) is 20.5 Å². The normalized spacial score (nSPS) is 17.4. The van der Waals surface area contributed by atoms with Crippen LogP contribution in [0.15, 0.2) is 30.5 Å². The Morgan fingerprint density at radius 1 is 1.08 bits per heavy atom. The van der Waals surface area contributed by atoms with E-state index in [1.165, 1.54) is 4.90 Å². The summed E-state index contributed by atoms with van der Waals surface area (Å²) in [6.07, 6.45) is 3.47. The van der Waals surface area contributed by atoms with E-state index in [-0.39, 0.29) is 25.8 Å². The summed E-state index contributed by atoms with van der Waals surface area (Å²) in [7, 11) is 0. The van der Waals surface area contributed by atoms with Gasteiger partial charge in [-0.3, -0.25) is 19.2 Å². The summed E-state index contributed by atoms with van der Waals surface area (Å²) in [5.74, 6) is -4.62. The first-order chi connectivity index (χ1) is 18.6. The molecule has 39 heavy (non-hydrogen) atoms. The van der Waals surface area contributed by atoms with Gasteiger partial charge in [-0.15, -0.1) is 0 Å². The fourth-order valence-corrected chi connectivity index (χ4v) is 4.80. The molecule has 13 heteroatoms. The highest BCUT2D eigenvalue weighted by molar-refractivity contribution is 5.95. The molecule has 13 nitrogen and oxygen atoms in total. The Bertz CT molecular complexity index is 1200. The summed E-state index contributed by atoms with van der Waals surface area (Å²) in [5.41, 5.74) is 13.6. The lowest BCUT2D eigenvalue weighted by Gasteiger charge is -2.30. The molecule has 3 amide bonds. The maximum Gasteiger partial charge on any atom is 0.326 e. The van der Waals surface area contributed by atoms with Crippen LogP contribution < -0.4 is 22.1 Å². The van der Waals surface area contributed by atoms with Crippen LogP contribution in [0.25, 0.3) is 10.9 Å². The van der Waals surface area contributed by atoms with Crippen LogP contribution in [0, 0.1) is 0 Å². The molecule has 9 N–H and O–H groups in total. The summed E-state index contributed by atoms with van der Waals surface area (Å²) in [6, 6.07) is 3.12. The molecule has 2 aromatic rings. The van der Waals surface area contributed by atoms with E-state index in [0.717, 1.165) is 16.5 Å². The number of carboxylic acids is 2. The Morgan fingerprint density at radius 2 is 1.82 bits per heavy atom. The van der Waals surface area contributed by atoms with Gasteiger partial charge in [0.1, 0.15) is 18.1 Å². The van der Waals surface area contributed by atoms with Gasteiger partial charge >= 0.3 is 11.9 Å². The van der Waals surface area contributed by atoms with Gasteiger partial charge in [0.15, 0.2) is 0 Å². The quantitative estimate of drug-likeness (QED) is 0.155. The van der Waals surface area contributed by atoms with Crippen LogP contribution in [0.1, 0.15) is 44.1 Å². The predicted molar refractivity (Wildman–Crippen MR) is 141 cm³/mol. The van der Waals surface area contributed by atoms with Crippen molar-refractivity contribution in [3.63, 3.8) is 0 Å². The first-order valence-corrected chi connectivity index (χ1v) is 13.0. The third-order valence-corrected chi connectivity index (χ3v) is 6.84. The fourth-order valence-electron chi connectivity index (χ4n) is 4.80. The van der Waals surface area contributed by atoms with Crippen LogP contribution in [0.5, 0.6) is 0 Å².